The van der Waals surface area contributed by atoms with Crippen LogP contribution in [-0.2, 0) is 13.0 Å². The molecular weight excluding hydrogens is 304 g/mol. The normalized spacial score (nSPS) is 20.3. The van der Waals surface area contributed by atoms with Crippen LogP contribution in [0.4, 0.5) is 0 Å². The highest BCUT2D eigenvalue weighted by Gasteiger charge is 2.43. The Bertz CT molecular complexity index is 545. The van der Waals surface area contributed by atoms with E-state index in [1.807, 2.05) is 17.5 Å². The first kappa shape index (κ1) is 16.7. The summed E-state index contributed by atoms with van der Waals surface area (Å²) in [6.07, 6.45) is 8.67. The van der Waals surface area contributed by atoms with Crippen molar-refractivity contribution < 1.29 is 0 Å². The standard InChI is InChI=1S/C18H30N4S/c1-4-19-17(22-9-8-18(13-22)6-5-7-18)21-12-15-11-20-16(23-15)10-14(2)3/h11,14H,4-10,12-13H2,1-3H3,(H,19,21). The number of hydrogen-bond donors (Lipinski definition) is 1. The predicted molar refractivity (Wildman–Crippen MR) is 97.9 cm³/mol. The van der Waals surface area contributed by atoms with E-state index in [1.165, 1.54) is 42.1 Å². The average Bonchev–Trinajstić information content (AvgIpc) is 3.09. The highest BCUT2D eigenvalue weighted by molar-refractivity contribution is 7.11. The molecule has 0 amide bonds. The molecule has 2 aliphatic rings. The van der Waals surface area contributed by atoms with Crippen LogP contribution in [0.15, 0.2) is 11.2 Å². The molecule has 4 nitrogen and oxygen atoms in total. The van der Waals surface area contributed by atoms with Crippen molar-refractivity contribution in [2.24, 2.45) is 16.3 Å². The van der Waals surface area contributed by atoms with Crippen LogP contribution in [-0.4, -0.2) is 35.5 Å². The van der Waals surface area contributed by atoms with Crippen molar-refractivity contribution in [1.82, 2.24) is 15.2 Å². The molecule has 1 aromatic rings. The van der Waals surface area contributed by atoms with Gasteiger partial charge in [0, 0.05) is 37.1 Å². The summed E-state index contributed by atoms with van der Waals surface area (Å²) in [5.41, 5.74) is 0.616. The number of aliphatic imine (C=N–C) groups is 1. The number of nitrogens with zero attached hydrogens (tertiary/aromatic N) is 3. The number of guanidine groups is 1. The molecule has 0 bridgehead atoms. The second kappa shape index (κ2) is 7.20. The lowest BCUT2D eigenvalue weighted by atomic mass is 9.68. The molecule has 0 aromatic carbocycles. The van der Waals surface area contributed by atoms with E-state index in [4.69, 9.17) is 4.99 Å². The van der Waals surface area contributed by atoms with E-state index in [0.717, 1.165) is 32.0 Å². The third-order valence-electron chi connectivity index (χ3n) is 5.06. The van der Waals surface area contributed by atoms with Gasteiger partial charge in [-0.1, -0.05) is 20.3 Å². The average molecular weight is 335 g/mol. The van der Waals surface area contributed by atoms with Crippen molar-refractivity contribution in [2.75, 3.05) is 19.6 Å². The van der Waals surface area contributed by atoms with E-state index in [9.17, 15) is 0 Å². The lowest BCUT2D eigenvalue weighted by Gasteiger charge is -2.38. The third-order valence-corrected chi connectivity index (χ3v) is 6.06. The first-order chi connectivity index (χ1) is 11.1. The van der Waals surface area contributed by atoms with Crippen LogP contribution < -0.4 is 5.32 Å². The van der Waals surface area contributed by atoms with E-state index in [2.05, 4.69) is 36.0 Å². The summed E-state index contributed by atoms with van der Waals surface area (Å²) in [5.74, 6) is 1.76. The van der Waals surface area contributed by atoms with Gasteiger partial charge in [-0.25, -0.2) is 9.98 Å². The Hall–Kier alpha value is -1.10. The van der Waals surface area contributed by atoms with Crippen molar-refractivity contribution >= 4 is 17.3 Å². The summed E-state index contributed by atoms with van der Waals surface area (Å²) in [6.45, 7) is 10.7. The van der Waals surface area contributed by atoms with Gasteiger partial charge in [0.1, 0.15) is 0 Å². The molecule has 2 fully saturated rings. The van der Waals surface area contributed by atoms with Gasteiger partial charge in [0.15, 0.2) is 5.96 Å². The maximum absolute atomic E-state index is 4.88. The molecule has 1 aliphatic carbocycles. The third kappa shape index (κ3) is 4.06. The highest BCUT2D eigenvalue weighted by Crippen LogP contribution is 2.47. The Morgan fingerprint density at radius 2 is 2.26 bits per heavy atom. The molecule has 23 heavy (non-hydrogen) atoms. The Kier molecular flexibility index (Phi) is 5.24. The van der Waals surface area contributed by atoms with Crippen LogP contribution in [0.5, 0.6) is 0 Å². The van der Waals surface area contributed by atoms with E-state index in [-0.39, 0.29) is 0 Å². The van der Waals surface area contributed by atoms with Crippen molar-refractivity contribution in [3.05, 3.63) is 16.1 Å². The van der Waals surface area contributed by atoms with Crippen LogP contribution >= 0.6 is 11.3 Å². The van der Waals surface area contributed by atoms with Gasteiger partial charge in [-0.2, -0.15) is 0 Å². The van der Waals surface area contributed by atoms with E-state index < -0.39 is 0 Å². The van der Waals surface area contributed by atoms with Gasteiger partial charge in [0.05, 0.1) is 11.6 Å². The molecule has 0 radical (unpaired) electrons. The summed E-state index contributed by atoms with van der Waals surface area (Å²) < 4.78 is 0. The van der Waals surface area contributed by atoms with Crippen LogP contribution in [0.2, 0.25) is 0 Å². The topological polar surface area (TPSA) is 40.5 Å². The molecule has 1 saturated carbocycles. The van der Waals surface area contributed by atoms with Crippen molar-refractivity contribution in [3.8, 4) is 0 Å². The lowest BCUT2D eigenvalue weighted by Crippen LogP contribution is -2.42. The Morgan fingerprint density at radius 3 is 2.87 bits per heavy atom. The van der Waals surface area contributed by atoms with Crippen molar-refractivity contribution in [3.63, 3.8) is 0 Å². The van der Waals surface area contributed by atoms with E-state index >= 15 is 0 Å². The Balaban J connectivity index is 1.61. The molecule has 2 heterocycles. The number of thiazole rings is 1. The summed E-state index contributed by atoms with van der Waals surface area (Å²) in [4.78, 5) is 13.2. The maximum atomic E-state index is 4.88. The number of rotatable bonds is 5. The number of hydrogen-bond acceptors (Lipinski definition) is 3. The molecule has 128 valence electrons. The molecule has 1 saturated heterocycles. The first-order valence-electron chi connectivity index (χ1n) is 9.07. The molecule has 3 rings (SSSR count). The fourth-order valence-corrected chi connectivity index (χ4v) is 4.70. The molecule has 1 N–H and O–H groups in total. The van der Waals surface area contributed by atoms with Crippen molar-refractivity contribution in [1.29, 1.82) is 0 Å². The zero-order valence-electron chi connectivity index (χ0n) is 14.8. The maximum Gasteiger partial charge on any atom is 0.194 e. The largest absolute Gasteiger partial charge is 0.357 e. The molecule has 1 spiro atoms. The summed E-state index contributed by atoms with van der Waals surface area (Å²) in [5, 5.41) is 4.72. The summed E-state index contributed by atoms with van der Waals surface area (Å²) in [6, 6.07) is 0. The van der Waals surface area contributed by atoms with Gasteiger partial charge in [-0.15, -0.1) is 11.3 Å². The molecular formula is C18H30N4S. The number of nitrogens with one attached hydrogen (secondary N) is 1. The minimum atomic E-state index is 0.616. The SMILES string of the molecule is CCNC(=NCc1cnc(CC(C)C)s1)N1CCC2(CCC2)C1. The second-order valence-corrected chi connectivity index (χ2v) is 8.71. The van der Waals surface area contributed by atoms with Gasteiger partial charge < -0.3 is 10.2 Å². The van der Waals surface area contributed by atoms with Crippen LogP contribution in [0, 0.1) is 11.3 Å². The molecule has 0 unspecified atom stereocenters. The lowest BCUT2D eigenvalue weighted by molar-refractivity contribution is 0.151. The van der Waals surface area contributed by atoms with Crippen molar-refractivity contribution in [2.45, 2.75) is 59.4 Å². The molecule has 1 aliphatic heterocycles. The van der Waals surface area contributed by atoms with Gasteiger partial charge in [0.2, 0.25) is 0 Å². The summed E-state index contributed by atoms with van der Waals surface area (Å²) >= 11 is 1.81. The van der Waals surface area contributed by atoms with E-state index in [0.29, 0.717) is 11.3 Å². The second-order valence-electron chi connectivity index (χ2n) is 7.51. The van der Waals surface area contributed by atoms with E-state index in [1.54, 1.807) is 0 Å². The Labute approximate surface area is 144 Å². The van der Waals surface area contributed by atoms with Crippen LogP contribution in [0.3, 0.4) is 0 Å². The minimum absolute atomic E-state index is 0.616. The molecule has 5 heteroatoms. The summed E-state index contributed by atoms with van der Waals surface area (Å²) in [7, 11) is 0. The monoisotopic (exact) mass is 334 g/mol. The zero-order chi connectivity index (χ0) is 16.3. The fraction of sp³-hybridized carbons (Fsp3) is 0.778. The molecule has 1 aromatic heterocycles. The van der Waals surface area contributed by atoms with Gasteiger partial charge in [-0.3, -0.25) is 0 Å². The predicted octanol–water partition coefficient (Wildman–Crippen LogP) is 3.68. The van der Waals surface area contributed by atoms with Crippen LogP contribution in [0.25, 0.3) is 0 Å². The molecule has 0 atom stereocenters. The minimum Gasteiger partial charge on any atom is -0.357 e. The zero-order valence-corrected chi connectivity index (χ0v) is 15.6. The highest BCUT2D eigenvalue weighted by atomic mass is 32.1. The fourth-order valence-electron chi connectivity index (χ4n) is 3.64. The van der Waals surface area contributed by atoms with Crippen LogP contribution in [0.1, 0.15) is 56.3 Å². The number of aromatic nitrogens is 1. The smallest absolute Gasteiger partial charge is 0.194 e. The van der Waals surface area contributed by atoms with Gasteiger partial charge in [-0.05, 0) is 37.5 Å². The van der Waals surface area contributed by atoms with Gasteiger partial charge in [0.25, 0.3) is 0 Å². The van der Waals surface area contributed by atoms with Gasteiger partial charge >= 0.3 is 0 Å². The number of likely N-dealkylation sites (tertiary alicyclic amines) is 1. The quantitative estimate of drug-likeness (QED) is 0.659. The first-order valence-corrected chi connectivity index (χ1v) is 9.89. The Morgan fingerprint density at radius 1 is 1.43 bits per heavy atom.